The highest BCUT2D eigenvalue weighted by Crippen LogP contribution is 2.11. The minimum atomic E-state index is -0.837. The minimum absolute atomic E-state index is 0.120. The molecule has 1 heterocycles. The quantitative estimate of drug-likeness (QED) is 0.416. The molecule has 0 amide bonds. The number of hydrogen-bond acceptors (Lipinski definition) is 8. The Labute approximate surface area is 158 Å². The summed E-state index contributed by atoms with van der Waals surface area (Å²) >= 11 is 0. The largest absolute Gasteiger partial charge is 0.464 e. The van der Waals surface area contributed by atoms with Gasteiger partial charge in [0.1, 0.15) is 24.1 Å². The van der Waals surface area contributed by atoms with Crippen molar-refractivity contribution in [2.45, 2.75) is 26.4 Å². The van der Waals surface area contributed by atoms with Crippen molar-refractivity contribution in [2.75, 3.05) is 34.5 Å². The lowest BCUT2D eigenvalue weighted by Gasteiger charge is -2.07. The third-order valence-corrected chi connectivity index (χ3v) is 3.13. The SMILES string of the molecule is CCCOCC#Cc1nc(C(=O)OC)c(C(=O)OC)nc1C#CC(C)OC. The first kappa shape index (κ1) is 22.1. The molecule has 8 nitrogen and oxygen atoms in total. The number of hydrogen-bond donors (Lipinski definition) is 0. The lowest BCUT2D eigenvalue weighted by atomic mass is 10.2. The number of nitrogens with zero attached hydrogens (tertiary/aromatic N) is 2. The molecule has 0 fully saturated rings. The third kappa shape index (κ3) is 6.70. The average Bonchev–Trinajstić information content (AvgIpc) is 2.70. The molecule has 0 aliphatic carbocycles. The molecule has 27 heavy (non-hydrogen) atoms. The van der Waals surface area contributed by atoms with E-state index in [4.69, 9.17) is 9.47 Å². The van der Waals surface area contributed by atoms with E-state index in [-0.39, 0.29) is 35.5 Å². The van der Waals surface area contributed by atoms with Crippen LogP contribution in [-0.2, 0) is 18.9 Å². The molecule has 0 saturated carbocycles. The van der Waals surface area contributed by atoms with E-state index < -0.39 is 11.9 Å². The molecule has 0 radical (unpaired) electrons. The van der Waals surface area contributed by atoms with Crippen LogP contribution in [0.15, 0.2) is 0 Å². The smallest absolute Gasteiger partial charge is 0.359 e. The third-order valence-electron chi connectivity index (χ3n) is 3.13. The predicted octanol–water partition coefficient (Wildman–Crippen LogP) is 1.21. The topological polar surface area (TPSA) is 96.8 Å². The molecule has 144 valence electrons. The highest BCUT2D eigenvalue weighted by atomic mass is 16.5. The molecule has 0 aromatic carbocycles. The van der Waals surface area contributed by atoms with E-state index in [2.05, 4.69) is 43.1 Å². The number of ether oxygens (including phenoxy) is 4. The van der Waals surface area contributed by atoms with Gasteiger partial charge in [0.15, 0.2) is 11.4 Å². The van der Waals surface area contributed by atoms with Crippen molar-refractivity contribution in [1.82, 2.24) is 9.97 Å². The number of carbonyl (C=O) groups excluding carboxylic acids is 2. The molecule has 1 rings (SSSR count). The lowest BCUT2D eigenvalue weighted by molar-refractivity contribution is 0.0544. The number of methoxy groups -OCH3 is 3. The zero-order chi connectivity index (χ0) is 20.2. The zero-order valence-corrected chi connectivity index (χ0v) is 16.0. The van der Waals surface area contributed by atoms with Crippen LogP contribution in [-0.4, -0.2) is 62.6 Å². The van der Waals surface area contributed by atoms with Gasteiger partial charge in [0, 0.05) is 13.7 Å². The van der Waals surface area contributed by atoms with Crippen molar-refractivity contribution < 1.29 is 28.5 Å². The number of carbonyl (C=O) groups is 2. The van der Waals surface area contributed by atoms with Crippen LogP contribution < -0.4 is 0 Å². The van der Waals surface area contributed by atoms with E-state index in [1.165, 1.54) is 21.3 Å². The van der Waals surface area contributed by atoms with Gasteiger partial charge in [-0.2, -0.15) is 0 Å². The Bertz CT molecular complexity index is 798. The van der Waals surface area contributed by atoms with E-state index in [0.29, 0.717) is 6.61 Å². The molecule has 1 unspecified atom stereocenters. The Morgan fingerprint density at radius 2 is 1.56 bits per heavy atom. The van der Waals surface area contributed by atoms with Gasteiger partial charge in [-0.3, -0.25) is 0 Å². The van der Waals surface area contributed by atoms with Gasteiger partial charge in [-0.15, -0.1) is 0 Å². The van der Waals surface area contributed by atoms with Crippen LogP contribution in [0, 0.1) is 23.7 Å². The number of rotatable bonds is 6. The van der Waals surface area contributed by atoms with Crippen LogP contribution in [0.3, 0.4) is 0 Å². The Morgan fingerprint density at radius 3 is 2.04 bits per heavy atom. The van der Waals surface area contributed by atoms with Gasteiger partial charge >= 0.3 is 11.9 Å². The normalized spacial score (nSPS) is 10.7. The van der Waals surface area contributed by atoms with Crippen LogP contribution in [0.25, 0.3) is 0 Å². The molecule has 1 aromatic rings. The zero-order valence-electron chi connectivity index (χ0n) is 16.0. The standard InChI is InChI=1S/C19H22N2O6/c1-6-11-27-12-7-8-14-15(10-9-13(2)24-3)21-17(19(23)26-5)16(20-14)18(22)25-4/h13H,6,11-12H2,1-5H3. The van der Waals surface area contributed by atoms with Crippen LogP contribution in [0.5, 0.6) is 0 Å². The fourth-order valence-corrected chi connectivity index (χ4v) is 1.70. The molecule has 0 aliphatic heterocycles. The second-order valence-corrected chi connectivity index (χ2v) is 5.10. The second kappa shape index (κ2) is 11.6. The highest BCUT2D eigenvalue weighted by Gasteiger charge is 2.24. The van der Waals surface area contributed by atoms with E-state index >= 15 is 0 Å². The first-order valence-electron chi connectivity index (χ1n) is 8.18. The Morgan fingerprint density at radius 1 is 1.00 bits per heavy atom. The van der Waals surface area contributed by atoms with Gasteiger partial charge in [0.05, 0.1) is 14.2 Å². The fraction of sp³-hybridized carbons (Fsp3) is 0.474. The summed E-state index contributed by atoms with van der Waals surface area (Å²) in [7, 11) is 3.85. The maximum absolute atomic E-state index is 12.0. The monoisotopic (exact) mass is 374 g/mol. The van der Waals surface area contributed by atoms with E-state index in [1.807, 2.05) is 6.92 Å². The fourth-order valence-electron chi connectivity index (χ4n) is 1.70. The van der Waals surface area contributed by atoms with Crippen molar-refractivity contribution in [3.05, 3.63) is 22.8 Å². The molecule has 0 N–H and O–H groups in total. The van der Waals surface area contributed by atoms with Gasteiger partial charge in [-0.1, -0.05) is 18.8 Å². The summed E-state index contributed by atoms with van der Waals surface area (Å²) in [6.45, 7) is 4.49. The molecule has 1 aromatic heterocycles. The van der Waals surface area contributed by atoms with Gasteiger partial charge in [-0.25, -0.2) is 19.6 Å². The van der Waals surface area contributed by atoms with E-state index in [0.717, 1.165) is 6.42 Å². The van der Waals surface area contributed by atoms with Gasteiger partial charge in [0.25, 0.3) is 0 Å². The Balaban J connectivity index is 3.47. The molecule has 0 saturated heterocycles. The molecule has 1 atom stereocenters. The predicted molar refractivity (Wildman–Crippen MR) is 96.0 cm³/mol. The van der Waals surface area contributed by atoms with Crippen molar-refractivity contribution in [2.24, 2.45) is 0 Å². The summed E-state index contributed by atoms with van der Waals surface area (Å²) in [6, 6.07) is 0. The van der Waals surface area contributed by atoms with Crippen molar-refractivity contribution >= 4 is 11.9 Å². The second-order valence-electron chi connectivity index (χ2n) is 5.10. The first-order chi connectivity index (χ1) is 13.0. The van der Waals surface area contributed by atoms with Crippen molar-refractivity contribution in [3.8, 4) is 23.7 Å². The van der Waals surface area contributed by atoms with Crippen LogP contribution in [0.2, 0.25) is 0 Å². The molecular formula is C19H22N2O6. The Hall–Kier alpha value is -2.94. The molecular weight excluding hydrogens is 352 g/mol. The van der Waals surface area contributed by atoms with E-state index in [9.17, 15) is 9.59 Å². The Kier molecular flexibility index (Phi) is 9.52. The van der Waals surface area contributed by atoms with Gasteiger partial charge < -0.3 is 18.9 Å². The van der Waals surface area contributed by atoms with Crippen molar-refractivity contribution in [1.29, 1.82) is 0 Å². The molecule has 0 spiro atoms. The van der Waals surface area contributed by atoms with E-state index in [1.54, 1.807) is 6.92 Å². The summed E-state index contributed by atoms with van der Waals surface area (Å²) in [6.07, 6.45) is 0.496. The molecule has 0 aliphatic rings. The minimum Gasteiger partial charge on any atom is -0.464 e. The number of esters is 2. The summed E-state index contributed by atoms with van der Waals surface area (Å²) in [4.78, 5) is 32.2. The number of aromatic nitrogens is 2. The average molecular weight is 374 g/mol. The maximum Gasteiger partial charge on any atom is 0.359 e. The van der Waals surface area contributed by atoms with Gasteiger partial charge in [-0.05, 0) is 25.2 Å². The lowest BCUT2D eigenvalue weighted by Crippen LogP contribution is -2.18. The van der Waals surface area contributed by atoms with Crippen molar-refractivity contribution in [3.63, 3.8) is 0 Å². The maximum atomic E-state index is 12.0. The summed E-state index contributed by atoms with van der Waals surface area (Å²) in [5.41, 5.74) is -0.353. The summed E-state index contributed by atoms with van der Waals surface area (Å²) in [5, 5.41) is 0. The highest BCUT2D eigenvalue weighted by molar-refractivity contribution is 6.00. The van der Waals surface area contributed by atoms with Crippen LogP contribution >= 0.6 is 0 Å². The molecule has 0 bridgehead atoms. The van der Waals surface area contributed by atoms with Crippen LogP contribution in [0.4, 0.5) is 0 Å². The summed E-state index contributed by atoms with van der Waals surface area (Å²) in [5.74, 6) is 9.45. The van der Waals surface area contributed by atoms with Gasteiger partial charge in [0.2, 0.25) is 0 Å². The molecule has 8 heteroatoms. The van der Waals surface area contributed by atoms with Crippen LogP contribution in [0.1, 0.15) is 52.6 Å². The first-order valence-corrected chi connectivity index (χ1v) is 8.18. The summed E-state index contributed by atoms with van der Waals surface area (Å²) < 4.78 is 19.7.